The summed E-state index contributed by atoms with van der Waals surface area (Å²) in [6.45, 7) is 1.28. The summed E-state index contributed by atoms with van der Waals surface area (Å²) in [4.78, 5) is 11.1. The summed E-state index contributed by atoms with van der Waals surface area (Å²) in [7, 11) is 0. The SMILES string of the molecule is O=C(NCCNCCSC(F)(F)F)C1CC1. The molecule has 94 valence electrons. The third-order valence-electron chi connectivity index (χ3n) is 2.09. The molecular formula is C9H15F3N2OS. The van der Waals surface area contributed by atoms with Crippen molar-refractivity contribution in [1.29, 1.82) is 0 Å². The summed E-state index contributed by atoms with van der Waals surface area (Å²) >= 11 is -0.0370. The fourth-order valence-corrected chi connectivity index (χ4v) is 1.61. The Balaban J connectivity index is 1.82. The molecule has 0 bridgehead atoms. The first kappa shape index (κ1) is 13.6. The third-order valence-corrected chi connectivity index (χ3v) is 2.83. The van der Waals surface area contributed by atoms with E-state index >= 15 is 0 Å². The van der Waals surface area contributed by atoms with Crippen LogP contribution >= 0.6 is 11.8 Å². The lowest BCUT2D eigenvalue weighted by Crippen LogP contribution is -2.33. The second-order valence-electron chi connectivity index (χ2n) is 3.61. The zero-order valence-corrected chi connectivity index (χ0v) is 9.59. The van der Waals surface area contributed by atoms with Crippen molar-refractivity contribution in [2.24, 2.45) is 5.92 Å². The topological polar surface area (TPSA) is 41.1 Å². The van der Waals surface area contributed by atoms with Crippen LogP contribution in [0.4, 0.5) is 13.2 Å². The van der Waals surface area contributed by atoms with E-state index < -0.39 is 5.51 Å². The molecule has 7 heteroatoms. The van der Waals surface area contributed by atoms with E-state index in [4.69, 9.17) is 0 Å². The van der Waals surface area contributed by atoms with Gasteiger partial charge in [-0.2, -0.15) is 13.2 Å². The van der Waals surface area contributed by atoms with Crippen molar-refractivity contribution in [2.45, 2.75) is 18.3 Å². The number of carbonyl (C=O) groups excluding carboxylic acids is 1. The first-order valence-electron chi connectivity index (χ1n) is 5.18. The number of alkyl halides is 3. The van der Waals surface area contributed by atoms with Gasteiger partial charge >= 0.3 is 5.51 Å². The molecule has 0 atom stereocenters. The van der Waals surface area contributed by atoms with Crippen LogP contribution in [0.25, 0.3) is 0 Å². The Morgan fingerprint density at radius 3 is 2.50 bits per heavy atom. The van der Waals surface area contributed by atoms with Gasteiger partial charge in [0.25, 0.3) is 0 Å². The van der Waals surface area contributed by atoms with Crippen LogP contribution in [0.3, 0.4) is 0 Å². The number of nitrogens with one attached hydrogen (secondary N) is 2. The number of thioether (sulfide) groups is 1. The first-order valence-corrected chi connectivity index (χ1v) is 6.17. The van der Waals surface area contributed by atoms with Gasteiger partial charge in [0.15, 0.2) is 0 Å². The van der Waals surface area contributed by atoms with Gasteiger partial charge in [0.05, 0.1) is 0 Å². The molecule has 0 radical (unpaired) electrons. The summed E-state index contributed by atoms with van der Waals surface area (Å²) < 4.78 is 35.1. The summed E-state index contributed by atoms with van der Waals surface area (Å²) in [5, 5.41) is 5.56. The molecule has 3 nitrogen and oxygen atoms in total. The van der Waals surface area contributed by atoms with Gasteiger partial charge in [0.2, 0.25) is 5.91 Å². The first-order chi connectivity index (χ1) is 7.49. The summed E-state index contributed by atoms with van der Waals surface area (Å²) in [6.07, 6.45) is 1.92. The molecule has 0 unspecified atom stereocenters. The Labute approximate surface area is 96.5 Å². The lowest BCUT2D eigenvalue weighted by molar-refractivity contribution is -0.122. The summed E-state index contributed by atoms with van der Waals surface area (Å²) in [6, 6.07) is 0. The predicted octanol–water partition coefficient (Wildman–Crippen LogP) is 1.36. The molecule has 0 aromatic carbocycles. The quantitative estimate of drug-likeness (QED) is 0.676. The second kappa shape index (κ2) is 6.34. The molecule has 16 heavy (non-hydrogen) atoms. The maximum absolute atomic E-state index is 11.7. The van der Waals surface area contributed by atoms with Gasteiger partial charge in [-0.25, -0.2) is 0 Å². The zero-order chi connectivity index (χ0) is 12.0. The molecule has 2 N–H and O–H groups in total. The Morgan fingerprint density at radius 2 is 1.94 bits per heavy atom. The van der Waals surface area contributed by atoms with E-state index in [1.54, 1.807) is 0 Å². The van der Waals surface area contributed by atoms with Gasteiger partial charge in [0.1, 0.15) is 0 Å². The summed E-state index contributed by atoms with van der Waals surface area (Å²) in [5.41, 5.74) is -4.15. The highest BCUT2D eigenvalue weighted by atomic mass is 32.2. The van der Waals surface area contributed by atoms with Crippen LogP contribution in [0, 0.1) is 5.92 Å². The van der Waals surface area contributed by atoms with Gasteiger partial charge in [-0.3, -0.25) is 4.79 Å². The molecule has 0 aromatic heterocycles. The molecule has 0 aromatic rings. The third kappa shape index (κ3) is 6.95. The van der Waals surface area contributed by atoms with Crippen LogP contribution in [0.5, 0.6) is 0 Å². The van der Waals surface area contributed by atoms with E-state index in [1.165, 1.54) is 0 Å². The molecule has 1 aliphatic rings. The lowest BCUT2D eigenvalue weighted by Gasteiger charge is -2.07. The number of halogens is 3. The smallest absolute Gasteiger partial charge is 0.355 e. The van der Waals surface area contributed by atoms with Gasteiger partial charge in [-0.15, -0.1) is 0 Å². The van der Waals surface area contributed by atoms with E-state index in [-0.39, 0.29) is 29.3 Å². The van der Waals surface area contributed by atoms with Gasteiger partial charge in [0, 0.05) is 31.3 Å². The number of hydrogen-bond acceptors (Lipinski definition) is 3. The van der Waals surface area contributed by atoms with Gasteiger partial charge < -0.3 is 10.6 Å². The minimum Gasteiger partial charge on any atom is -0.355 e. The van der Waals surface area contributed by atoms with E-state index in [2.05, 4.69) is 10.6 Å². The second-order valence-corrected chi connectivity index (χ2v) is 4.77. The van der Waals surface area contributed by atoms with Gasteiger partial charge in [-0.1, -0.05) is 0 Å². The Kier molecular flexibility index (Phi) is 5.40. The largest absolute Gasteiger partial charge is 0.441 e. The highest BCUT2D eigenvalue weighted by Gasteiger charge is 2.29. The standard InChI is InChI=1S/C9H15F3N2OS/c10-9(11,12)16-6-5-13-3-4-14-8(15)7-1-2-7/h7,13H,1-6H2,(H,14,15). The number of amides is 1. The molecule has 0 aliphatic heterocycles. The maximum atomic E-state index is 11.7. The normalized spacial score (nSPS) is 16.2. The predicted molar refractivity (Wildman–Crippen MR) is 57.1 cm³/mol. The van der Waals surface area contributed by atoms with Crippen LogP contribution in [0.1, 0.15) is 12.8 Å². The molecule has 0 spiro atoms. The lowest BCUT2D eigenvalue weighted by atomic mass is 10.4. The van der Waals surface area contributed by atoms with Gasteiger partial charge in [-0.05, 0) is 24.6 Å². The van der Waals surface area contributed by atoms with E-state index in [1.807, 2.05) is 0 Å². The van der Waals surface area contributed by atoms with Crippen molar-refractivity contribution in [3.05, 3.63) is 0 Å². The Hall–Kier alpha value is -0.430. The van der Waals surface area contributed by atoms with Crippen LogP contribution in [-0.4, -0.2) is 36.8 Å². The van der Waals surface area contributed by atoms with Crippen molar-refractivity contribution >= 4 is 17.7 Å². The fraction of sp³-hybridized carbons (Fsp3) is 0.889. The number of carbonyl (C=O) groups is 1. The average molecular weight is 256 g/mol. The van der Waals surface area contributed by atoms with E-state index in [0.717, 1.165) is 12.8 Å². The van der Waals surface area contributed by atoms with Crippen LogP contribution < -0.4 is 10.6 Å². The van der Waals surface area contributed by atoms with Crippen molar-refractivity contribution in [2.75, 3.05) is 25.4 Å². The van der Waals surface area contributed by atoms with Crippen LogP contribution in [0.2, 0.25) is 0 Å². The molecule has 0 heterocycles. The molecule has 1 amide bonds. The molecule has 1 fully saturated rings. The number of hydrogen-bond donors (Lipinski definition) is 2. The highest BCUT2D eigenvalue weighted by Crippen LogP contribution is 2.29. The van der Waals surface area contributed by atoms with Crippen molar-refractivity contribution in [1.82, 2.24) is 10.6 Å². The minimum atomic E-state index is -4.15. The van der Waals surface area contributed by atoms with Crippen molar-refractivity contribution in [3.8, 4) is 0 Å². The van der Waals surface area contributed by atoms with E-state index in [0.29, 0.717) is 19.6 Å². The molecule has 1 aliphatic carbocycles. The fourth-order valence-electron chi connectivity index (χ4n) is 1.13. The van der Waals surface area contributed by atoms with Crippen molar-refractivity contribution in [3.63, 3.8) is 0 Å². The Bertz CT molecular complexity index is 231. The Morgan fingerprint density at radius 1 is 1.25 bits per heavy atom. The zero-order valence-electron chi connectivity index (χ0n) is 8.77. The molecular weight excluding hydrogens is 241 g/mol. The van der Waals surface area contributed by atoms with E-state index in [9.17, 15) is 18.0 Å². The molecule has 1 saturated carbocycles. The highest BCUT2D eigenvalue weighted by molar-refractivity contribution is 8.00. The molecule has 0 saturated heterocycles. The maximum Gasteiger partial charge on any atom is 0.441 e. The molecule has 1 rings (SSSR count). The average Bonchev–Trinajstić information content (AvgIpc) is 2.97. The van der Waals surface area contributed by atoms with Crippen LogP contribution in [0.15, 0.2) is 0 Å². The van der Waals surface area contributed by atoms with Crippen molar-refractivity contribution < 1.29 is 18.0 Å². The van der Waals surface area contributed by atoms with Crippen LogP contribution in [-0.2, 0) is 4.79 Å². The summed E-state index contributed by atoms with van der Waals surface area (Å²) in [5.74, 6) is 0.243. The minimum absolute atomic E-state index is 0.0000709. The number of rotatable bonds is 7. The monoisotopic (exact) mass is 256 g/mol.